The summed E-state index contributed by atoms with van der Waals surface area (Å²) in [5, 5.41) is 7.54. The topological polar surface area (TPSA) is 127 Å². The van der Waals surface area contributed by atoms with Gasteiger partial charge in [-0.15, -0.1) is 0 Å². The lowest BCUT2D eigenvalue weighted by Crippen LogP contribution is -2.40. The zero-order valence-corrected chi connectivity index (χ0v) is 19.0. The zero-order chi connectivity index (χ0) is 26.5. The summed E-state index contributed by atoms with van der Waals surface area (Å²) in [5.74, 6) is -4.03. The van der Waals surface area contributed by atoms with E-state index in [0.29, 0.717) is 22.0 Å². The fraction of sp³-hybridized carbons (Fsp3) is 0.208. The van der Waals surface area contributed by atoms with Gasteiger partial charge in [0.05, 0.1) is 28.9 Å². The number of primary amides is 1. The zero-order valence-electron chi connectivity index (χ0n) is 19.0. The summed E-state index contributed by atoms with van der Waals surface area (Å²) in [4.78, 5) is 41.5. The van der Waals surface area contributed by atoms with Crippen molar-refractivity contribution in [3.8, 4) is 0 Å². The number of halogens is 4. The van der Waals surface area contributed by atoms with E-state index in [-0.39, 0.29) is 36.3 Å². The Morgan fingerprint density at radius 1 is 1.08 bits per heavy atom. The van der Waals surface area contributed by atoms with Crippen molar-refractivity contribution >= 4 is 22.6 Å². The van der Waals surface area contributed by atoms with Crippen molar-refractivity contribution in [1.82, 2.24) is 24.6 Å². The molecule has 0 spiro atoms. The summed E-state index contributed by atoms with van der Waals surface area (Å²) in [6.45, 7) is -0.875. The molecule has 2 aromatic carbocycles. The summed E-state index contributed by atoms with van der Waals surface area (Å²) >= 11 is 0. The lowest BCUT2D eigenvalue weighted by atomic mass is 10.0. The molecule has 5 rings (SSSR count). The molecule has 3 N–H and O–H groups in total. The second kappa shape index (κ2) is 8.84. The van der Waals surface area contributed by atoms with Crippen molar-refractivity contribution in [2.45, 2.75) is 25.7 Å². The number of aromatic amines is 1. The molecule has 2 amide bonds. The summed E-state index contributed by atoms with van der Waals surface area (Å²) in [6.07, 6.45) is -4.65. The molecule has 0 atom stereocenters. The molecule has 3 heterocycles. The molecule has 37 heavy (non-hydrogen) atoms. The maximum atomic E-state index is 14.7. The summed E-state index contributed by atoms with van der Waals surface area (Å²) in [5.41, 5.74) is 4.84. The molecule has 0 saturated carbocycles. The first-order chi connectivity index (χ1) is 17.5. The molecule has 1 aliphatic rings. The standard InChI is InChI=1S/C24H18F4N6O3/c25-16-6-5-12(10-17-13-3-1-2-4-14(13)21(36)32-31-17)9-15(16)22(37)33-7-8-34-18(11-33)19(20(29)35)30-23(34)24(26,27)28/h1-6,9H,7-8,10-11H2,(H2,29,35)(H,32,36). The van der Waals surface area contributed by atoms with Crippen LogP contribution in [-0.4, -0.2) is 43.0 Å². The van der Waals surface area contributed by atoms with Gasteiger partial charge >= 0.3 is 6.18 Å². The average Bonchev–Trinajstić information content (AvgIpc) is 3.26. The highest BCUT2D eigenvalue weighted by molar-refractivity contribution is 5.96. The maximum Gasteiger partial charge on any atom is 0.449 e. The van der Waals surface area contributed by atoms with Crippen LogP contribution in [0.3, 0.4) is 0 Å². The van der Waals surface area contributed by atoms with E-state index >= 15 is 0 Å². The van der Waals surface area contributed by atoms with Gasteiger partial charge in [-0.2, -0.15) is 18.3 Å². The Balaban J connectivity index is 1.46. The largest absolute Gasteiger partial charge is 0.449 e. The van der Waals surface area contributed by atoms with Crippen molar-refractivity contribution in [1.29, 1.82) is 0 Å². The van der Waals surface area contributed by atoms with Crippen LogP contribution in [0.25, 0.3) is 10.8 Å². The van der Waals surface area contributed by atoms with Gasteiger partial charge < -0.3 is 15.2 Å². The van der Waals surface area contributed by atoms with E-state index < -0.39 is 41.9 Å². The quantitative estimate of drug-likeness (QED) is 0.405. The van der Waals surface area contributed by atoms with Crippen LogP contribution >= 0.6 is 0 Å². The van der Waals surface area contributed by atoms with Gasteiger partial charge in [0.25, 0.3) is 17.4 Å². The van der Waals surface area contributed by atoms with Crippen molar-refractivity contribution in [2.75, 3.05) is 6.54 Å². The van der Waals surface area contributed by atoms with E-state index in [9.17, 15) is 31.9 Å². The Morgan fingerprint density at radius 3 is 2.51 bits per heavy atom. The van der Waals surface area contributed by atoms with Crippen LogP contribution in [-0.2, 0) is 25.7 Å². The third-order valence-electron chi connectivity index (χ3n) is 6.19. The third-order valence-corrected chi connectivity index (χ3v) is 6.19. The normalized spacial score (nSPS) is 13.6. The van der Waals surface area contributed by atoms with Crippen LogP contribution in [0, 0.1) is 5.82 Å². The third kappa shape index (κ3) is 4.32. The smallest absolute Gasteiger partial charge is 0.364 e. The molecule has 13 heteroatoms. The van der Waals surface area contributed by atoms with Crippen LogP contribution in [0.1, 0.15) is 43.6 Å². The monoisotopic (exact) mass is 514 g/mol. The minimum Gasteiger partial charge on any atom is -0.364 e. The second-order valence-corrected chi connectivity index (χ2v) is 8.51. The number of amides is 2. The highest BCUT2D eigenvalue weighted by Crippen LogP contribution is 2.32. The van der Waals surface area contributed by atoms with Gasteiger partial charge in [0.1, 0.15) is 5.82 Å². The summed E-state index contributed by atoms with van der Waals surface area (Å²) in [6, 6.07) is 10.7. The molecule has 0 unspecified atom stereocenters. The minimum absolute atomic E-state index is 0.167. The molecule has 4 aromatic rings. The fourth-order valence-corrected chi connectivity index (χ4v) is 4.47. The van der Waals surface area contributed by atoms with E-state index in [0.717, 1.165) is 15.5 Å². The van der Waals surface area contributed by atoms with Gasteiger partial charge in [-0.1, -0.05) is 24.3 Å². The van der Waals surface area contributed by atoms with Crippen LogP contribution < -0.4 is 11.3 Å². The van der Waals surface area contributed by atoms with Crippen LogP contribution in [0.4, 0.5) is 17.6 Å². The molecule has 1 aliphatic heterocycles. The highest BCUT2D eigenvalue weighted by Gasteiger charge is 2.41. The number of nitrogens with zero attached hydrogens (tertiary/aromatic N) is 4. The van der Waals surface area contributed by atoms with E-state index in [4.69, 9.17) is 5.73 Å². The Bertz CT molecular complexity index is 1630. The van der Waals surface area contributed by atoms with E-state index in [1.165, 1.54) is 12.1 Å². The SMILES string of the molecule is NC(=O)c1nc(C(F)(F)F)n2c1CN(C(=O)c1cc(Cc3n[nH]c(=O)c4ccccc34)ccc1F)CC2. The molecule has 0 fully saturated rings. The van der Waals surface area contributed by atoms with Crippen LogP contribution in [0.15, 0.2) is 47.3 Å². The van der Waals surface area contributed by atoms with Crippen molar-refractivity contribution in [2.24, 2.45) is 5.73 Å². The highest BCUT2D eigenvalue weighted by atomic mass is 19.4. The molecule has 190 valence electrons. The molecule has 0 radical (unpaired) electrons. The number of H-pyrrole nitrogens is 1. The average molecular weight is 514 g/mol. The van der Waals surface area contributed by atoms with Crippen LogP contribution in [0.5, 0.6) is 0 Å². The van der Waals surface area contributed by atoms with Gasteiger partial charge in [-0.05, 0) is 23.8 Å². The number of alkyl halides is 3. The number of benzene rings is 2. The lowest BCUT2D eigenvalue weighted by molar-refractivity contribution is -0.147. The van der Waals surface area contributed by atoms with E-state index in [2.05, 4.69) is 15.2 Å². The molecule has 9 nitrogen and oxygen atoms in total. The van der Waals surface area contributed by atoms with Crippen molar-refractivity contribution in [3.63, 3.8) is 0 Å². The molecule has 0 saturated heterocycles. The van der Waals surface area contributed by atoms with Gasteiger partial charge in [-0.25, -0.2) is 14.5 Å². The van der Waals surface area contributed by atoms with Gasteiger partial charge in [0, 0.05) is 24.9 Å². The number of rotatable bonds is 4. The number of hydrogen-bond acceptors (Lipinski definition) is 5. The molecule has 2 aromatic heterocycles. The van der Waals surface area contributed by atoms with Gasteiger partial charge in [0.2, 0.25) is 5.82 Å². The maximum absolute atomic E-state index is 14.7. The molecule has 0 aliphatic carbocycles. The number of nitrogens with one attached hydrogen (secondary N) is 1. The predicted octanol–water partition coefficient (Wildman–Crippen LogP) is 2.62. The molecular weight excluding hydrogens is 496 g/mol. The number of fused-ring (bicyclic) bond motifs is 2. The van der Waals surface area contributed by atoms with Crippen LogP contribution in [0.2, 0.25) is 0 Å². The lowest BCUT2D eigenvalue weighted by Gasteiger charge is -2.29. The van der Waals surface area contributed by atoms with E-state index in [1.54, 1.807) is 24.3 Å². The number of nitrogens with two attached hydrogens (primary N) is 1. The number of carbonyl (C=O) groups is 2. The number of imidazole rings is 1. The minimum atomic E-state index is -4.82. The van der Waals surface area contributed by atoms with Gasteiger partial charge in [-0.3, -0.25) is 14.4 Å². The number of hydrogen-bond donors (Lipinski definition) is 2. The Hall–Kier alpha value is -4.55. The summed E-state index contributed by atoms with van der Waals surface area (Å²) < 4.78 is 55.7. The molecule has 0 bridgehead atoms. The van der Waals surface area contributed by atoms with E-state index in [1.807, 2.05) is 0 Å². The van der Waals surface area contributed by atoms with Gasteiger partial charge in [0.15, 0.2) is 5.69 Å². The summed E-state index contributed by atoms with van der Waals surface area (Å²) in [7, 11) is 0. The number of carbonyl (C=O) groups excluding carboxylic acids is 2. The van der Waals surface area contributed by atoms with Crippen molar-refractivity contribution in [3.05, 3.63) is 92.7 Å². The number of aromatic nitrogens is 4. The second-order valence-electron chi connectivity index (χ2n) is 8.51. The Morgan fingerprint density at radius 2 is 1.81 bits per heavy atom. The fourth-order valence-electron chi connectivity index (χ4n) is 4.47. The predicted molar refractivity (Wildman–Crippen MR) is 122 cm³/mol. The Kier molecular flexibility index (Phi) is 5.77. The first-order valence-electron chi connectivity index (χ1n) is 11.0. The molecular formula is C24H18F4N6O3. The Labute approximate surface area is 205 Å². The first kappa shape index (κ1) is 24.2. The first-order valence-corrected chi connectivity index (χ1v) is 11.0. The van der Waals surface area contributed by atoms with Crippen molar-refractivity contribution < 1.29 is 27.2 Å².